The molecule has 1 aliphatic carbocycles. The lowest BCUT2D eigenvalue weighted by Crippen LogP contribution is -2.31. The van der Waals surface area contributed by atoms with Crippen molar-refractivity contribution in [2.24, 2.45) is 11.8 Å². The van der Waals surface area contributed by atoms with Crippen molar-refractivity contribution in [3.05, 3.63) is 30.1 Å². The molecule has 0 bridgehead atoms. The van der Waals surface area contributed by atoms with Gasteiger partial charge in [-0.15, -0.1) is 0 Å². The topological polar surface area (TPSA) is 51.2 Å². The third kappa shape index (κ3) is 2.53. The molecule has 0 radical (unpaired) electrons. The Kier molecular flexibility index (Phi) is 3.28. The molecule has 1 saturated heterocycles. The molecule has 1 aromatic rings. The molecule has 1 saturated carbocycles. The molecule has 1 amide bonds. The molecule has 1 unspecified atom stereocenters. The minimum Gasteiger partial charge on any atom is -0.381 e. The van der Waals surface area contributed by atoms with Crippen LogP contribution in [-0.2, 0) is 9.53 Å². The third-order valence-electron chi connectivity index (χ3n) is 3.83. The lowest BCUT2D eigenvalue weighted by atomic mass is 10.1. The molecule has 1 aliphatic heterocycles. The van der Waals surface area contributed by atoms with Crippen LogP contribution in [0.5, 0.6) is 0 Å². The van der Waals surface area contributed by atoms with Crippen molar-refractivity contribution >= 4 is 5.91 Å². The number of aromatic nitrogens is 1. The molecule has 0 aromatic carbocycles. The maximum absolute atomic E-state index is 12.0. The zero-order valence-electron chi connectivity index (χ0n) is 10.3. The maximum Gasteiger partial charge on any atom is 0.223 e. The van der Waals surface area contributed by atoms with E-state index in [9.17, 15) is 4.79 Å². The number of pyridine rings is 1. The Hall–Kier alpha value is -1.42. The molecule has 2 fully saturated rings. The number of nitrogens with zero attached hydrogens (tertiary/aromatic N) is 1. The van der Waals surface area contributed by atoms with Crippen molar-refractivity contribution in [1.29, 1.82) is 0 Å². The molecule has 0 spiro atoms. The number of ether oxygens (including phenoxy) is 1. The lowest BCUT2D eigenvalue weighted by Gasteiger charge is -2.09. The minimum atomic E-state index is 0.150. The van der Waals surface area contributed by atoms with Crippen molar-refractivity contribution < 1.29 is 9.53 Å². The van der Waals surface area contributed by atoms with Crippen LogP contribution in [0.4, 0.5) is 0 Å². The van der Waals surface area contributed by atoms with Crippen molar-refractivity contribution in [3.8, 4) is 0 Å². The van der Waals surface area contributed by atoms with Crippen LogP contribution >= 0.6 is 0 Å². The summed E-state index contributed by atoms with van der Waals surface area (Å²) >= 11 is 0. The Bertz CT molecular complexity index is 415. The normalized spacial score (nSPS) is 30.1. The summed E-state index contributed by atoms with van der Waals surface area (Å²) < 4.78 is 5.30. The molecule has 2 heterocycles. The highest BCUT2D eigenvalue weighted by molar-refractivity contribution is 5.82. The molecule has 96 valence electrons. The Morgan fingerprint density at radius 3 is 3.22 bits per heavy atom. The molecule has 1 aromatic heterocycles. The number of carbonyl (C=O) groups excluding carboxylic acids is 1. The van der Waals surface area contributed by atoms with Gasteiger partial charge in [-0.05, 0) is 30.4 Å². The van der Waals surface area contributed by atoms with Crippen LogP contribution in [0.15, 0.2) is 24.5 Å². The van der Waals surface area contributed by atoms with E-state index in [2.05, 4.69) is 16.4 Å². The van der Waals surface area contributed by atoms with Crippen LogP contribution in [0.25, 0.3) is 0 Å². The standard InChI is InChI=1S/C14H18N2O2/c17-14(16-7-10-3-5-18-9-10)13-6-12(13)11-2-1-4-15-8-11/h1-2,4,8,10,12-13H,3,5-7,9H2,(H,16,17)/t10?,12-,13+/m0/s1. The van der Waals surface area contributed by atoms with Crippen LogP contribution in [0.2, 0.25) is 0 Å². The van der Waals surface area contributed by atoms with E-state index in [4.69, 9.17) is 4.74 Å². The van der Waals surface area contributed by atoms with Crippen molar-refractivity contribution in [3.63, 3.8) is 0 Å². The second-order valence-electron chi connectivity index (χ2n) is 5.21. The molecule has 3 rings (SSSR count). The second-order valence-corrected chi connectivity index (χ2v) is 5.21. The molecular weight excluding hydrogens is 228 g/mol. The first-order valence-electron chi connectivity index (χ1n) is 6.60. The van der Waals surface area contributed by atoms with Crippen LogP contribution in [0.3, 0.4) is 0 Å². The Labute approximate surface area is 107 Å². The highest BCUT2D eigenvalue weighted by atomic mass is 16.5. The summed E-state index contributed by atoms with van der Waals surface area (Å²) in [6.45, 7) is 2.38. The van der Waals surface area contributed by atoms with Gasteiger partial charge in [-0.25, -0.2) is 0 Å². The zero-order chi connectivity index (χ0) is 12.4. The van der Waals surface area contributed by atoms with E-state index in [1.54, 1.807) is 6.20 Å². The van der Waals surface area contributed by atoms with Gasteiger partial charge in [-0.2, -0.15) is 0 Å². The summed E-state index contributed by atoms with van der Waals surface area (Å²) in [5, 5.41) is 3.05. The summed E-state index contributed by atoms with van der Waals surface area (Å²) in [5.41, 5.74) is 1.18. The smallest absolute Gasteiger partial charge is 0.223 e. The second kappa shape index (κ2) is 5.06. The van der Waals surface area contributed by atoms with Crippen molar-refractivity contribution in [1.82, 2.24) is 10.3 Å². The summed E-state index contributed by atoms with van der Waals surface area (Å²) in [6, 6.07) is 3.98. The third-order valence-corrected chi connectivity index (χ3v) is 3.83. The molecule has 3 atom stereocenters. The molecule has 2 aliphatic rings. The van der Waals surface area contributed by atoms with E-state index in [1.165, 1.54) is 5.56 Å². The van der Waals surface area contributed by atoms with Gasteiger partial charge in [0.2, 0.25) is 5.91 Å². The number of rotatable bonds is 4. The minimum absolute atomic E-state index is 0.150. The molecule has 4 heteroatoms. The van der Waals surface area contributed by atoms with E-state index in [0.717, 1.165) is 32.6 Å². The van der Waals surface area contributed by atoms with Crippen LogP contribution in [0.1, 0.15) is 24.3 Å². The van der Waals surface area contributed by atoms with E-state index in [-0.39, 0.29) is 11.8 Å². The van der Waals surface area contributed by atoms with E-state index < -0.39 is 0 Å². The largest absolute Gasteiger partial charge is 0.381 e. The predicted molar refractivity (Wildman–Crippen MR) is 67.0 cm³/mol. The van der Waals surface area contributed by atoms with Crippen LogP contribution in [0, 0.1) is 11.8 Å². The predicted octanol–water partition coefficient (Wildman–Crippen LogP) is 1.34. The summed E-state index contributed by atoms with van der Waals surface area (Å²) in [7, 11) is 0. The number of hydrogen-bond acceptors (Lipinski definition) is 3. The number of carbonyl (C=O) groups is 1. The van der Waals surface area contributed by atoms with Crippen molar-refractivity contribution in [2.45, 2.75) is 18.8 Å². The summed E-state index contributed by atoms with van der Waals surface area (Å²) in [5.74, 6) is 1.22. The van der Waals surface area contributed by atoms with Crippen LogP contribution in [-0.4, -0.2) is 30.6 Å². The van der Waals surface area contributed by atoms with Gasteiger partial charge in [0.1, 0.15) is 0 Å². The van der Waals surface area contributed by atoms with E-state index >= 15 is 0 Å². The van der Waals surface area contributed by atoms with E-state index in [1.807, 2.05) is 12.3 Å². The van der Waals surface area contributed by atoms with Gasteiger partial charge in [0.15, 0.2) is 0 Å². The lowest BCUT2D eigenvalue weighted by molar-refractivity contribution is -0.122. The van der Waals surface area contributed by atoms with Gasteiger partial charge in [-0.3, -0.25) is 9.78 Å². The molecule has 1 N–H and O–H groups in total. The van der Waals surface area contributed by atoms with Gasteiger partial charge < -0.3 is 10.1 Å². The Morgan fingerprint density at radius 2 is 2.50 bits per heavy atom. The maximum atomic E-state index is 12.0. The quantitative estimate of drug-likeness (QED) is 0.872. The zero-order valence-corrected chi connectivity index (χ0v) is 10.3. The van der Waals surface area contributed by atoms with Gasteiger partial charge in [0.25, 0.3) is 0 Å². The average molecular weight is 246 g/mol. The fourth-order valence-electron chi connectivity index (χ4n) is 2.57. The fraction of sp³-hybridized carbons (Fsp3) is 0.571. The van der Waals surface area contributed by atoms with Gasteiger partial charge in [0, 0.05) is 37.4 Å². The first-order valence-corrected chi connectivity index (χ1v) is 6.60. The Morgan fingerprint density at radius 1 is 1.56 bits per heavy atom. The highest BCUT2D eigenvalue weighted by Crippen LogP contribution is 2.47. The molecule has 18 heavy (non-hydrogen) atoms. The average Bonchev–Trinajstić information content (AvgIpc) is 3.05. The van der Waals surface area contributed by atoms with Gasteiger partial charge in [-0.1, -0.05) is 6.07 Å². The first kappa shape index (κ1) is 11.7. The monoisotopic (exact) mass is 246 g/mol. The summed E-state index contributed by atoms with van der Waals surface area (Å²) in [6.07, 6.45) is 5.65. The van der Waals surface area contributed by atoms with Crippen LogP contribution < -0.4 is 5.32 Å². The number of hydrogen-bond donors (Lipinski definition) is 1. The number of nitrogens with one attached hydrogen (secondary N) is 1. The number of amides is 1. The Balaban J connectivity index is 1.47. The first-order chi connectivity index (χ1) is 8.84. The van der Waals surface area contributed by atoms with Gasteiger partial charge in [0.05, 0.1) is 6.61 Å². The van der Waals surface area contributed by atoms with Gasteiger partial charge >= 0.3 is 0 Å². The molecule has 4 nitrogen and oxygen atoms in total. The fourth-order valence-corrected chi connectivity index (χ4v) is 2.57. The SMILES string of the molecule is O=C(NCC1CCOC1)[C@@H]1C[C@H]1c1cccnc1. The van der Waals surface area contributed by atoms with E-state index in [0.29, 0.717) is 11.8 Å². The molecular formula is C14H18N2O2. The summed E-state index contributed by atoms with van der Waals surface area (Å²) in [4.78, 5) is 16.1. The van der Waals surface area contributed by atoms with Crippen molar-refractivity contribution in [2.75, 3.05) is 19.8 Å². The highest BCUT2D eigenvalue weighted by Gasteiger charge is 2.44.